The largest absolute Gasteiger partial charge is 0.381 e. The van der Waals surface area contributed by atoms with Crippen LogP contribution in [-0.2, 0) is 11.2 Å². The number of amides is 1. The SMILES string of the molecule is CC(NC(=O)c1csc(CCN)n1)C1CCOC1. The van der Waals surface area contributed by atoms with Crippen LogP contribution < -0.4 is 11.1 Å². The fourth-order valence-corrected chi connectivity index (χ4v) is 2.79. The lowest BCUT2D eigenvalue weighted by molar-refractivity contribution is 0.0917. The maximum Gasteiger partial charge on any atom is 0.270 e. The van der Waals surface area contributed by atoms with Gasteiger partial charge in [-0.3, -0.25) is 4.79 Å². The zero-order chi connectivity index (χ0) is 13.0. The van der Waals surface area contributed by atoms with E-state index in [4.69, 9.17) is 10.5 Å². The summed E-state index contributed by atoms with van der Waals surface area (Å²) in [6.45, 7) is 4.11. The summed E-state index contributed by atoms with van der Waals surface area (Å²) in [6.07, 6.45) is 1.74. The molecule has 1 aliphatic rings. The Morgan fingerprint density at radius 2 is 2.61 bits per heavy atom. The first-order valence-corrected chi connectivity index (χ1v) is 7.11. The summed E-state index contributed by atoms with van der Waals surface area (Å²) in [5.74, 6) is 0.310. The van der Waals surface area contributed by atoms with Crippen molar-refractivity contribution in [2.45, 2.75) is 25.8 Å². The minimum absolute atomic E-state index is 0.103. The third-order valence-electron chi connectivity index (χ3n) is 3.17. The van der Waals surface area contributed by atoms with Gasteiger partial charge in [-0.1, -0.05) is 0 Å². The topological polar surface area (TPSA) is 77.2 Å². The van der Waals surface area contributed by atoms with Gasteiger partial charge in [0, 0.05) is 30.4 Å². The molecule has 1 aliphatic heterocycles. The Kier molecular flexibility index (Phi) is 4.68. The van der Waals surface area contributed by atoms with Gasteiger partial charge >= 0.3 is 0 Å². The molecule has 0 aromatic carbocycles. The van der Waals surface area contributed by atoms with E-state index in [1.807, 2.05) is 6.92 Å². The molecule has 0 radical (unpaired) electrons. The molecular weight excluding hydrogens is 250 g/mol. The average molecular weight is 269 g/mol. The van der Waals surface area contributed by atoms with Crippen molar-refractivity contribution >= 4 is 17.2 Å². The molecule has 1 fully saturated rings. The summed E-state index contributed by atoms with van der Waals surface area (Å²) in [5.41, 5.74) is 5.96. The summed E-state index contributed by atoms with van der Waals surface area (Å²) in [4.78, 5) is 16.3. The summed E-state index contributed by atoms with van der Waals surface area (Å²) in [6, 6.07) is 0.125. The molecule has 3 N–H and O–H groups in total. The van der Waals surface area contributed by atoms with Crippen molar-refractivity contribution in [2.75, 3.05) is 19.8 Å². The van der Waals surface area contributed by atoms with Crippen LogP contribution in [-0.4, -0.2) is 36.7 Å². The number of carbonyl (C=O) groups is 1. The van der Waals surface area contributed by atoms with E-state index in [1.165, 1.54) is 11.3 Å². The Balaban J connectivity index is 1.89. The molecule has 2 atom stereocenters. The molecule has 6 heteroatoms. The maximum atomic E-state index is 12.0. The molecule has 18 heavy (non-hydrogen) atoms. The number of hydrogen-bond acceptors (Lipinski definition) is 5. The van der Waals surface area contributed by atoms with Crippen LogP contribution in [0.25, 0.3) is 0 Å². The van der Waals surface area contributed by atoms with Crippen molar-refractivity contribution in [3.05, 3.63) is 16.1 Å². The zero-order valence-corrected chi connectivity index (χ0v) is 11.3. The Hall–Kier alpha value is -0.980. The van der Waals surface area contributed by atoms with Crippen LogP contribution in [0.2, 0.25) is 0 Å². The van der Waals surface area contributed by atoms with Gasteiger partial charge in [-0.15, -0.1) is 11.3 Å². The standard InChI is InChI=1S/C12H19N3O2S/c1-8(9-3-5-17-6-9)14-12(16)10-7-18-11(15-10)2-4-13/h7-9H,2-6,13H2,1H3,(H,14,16). The smallest absolute Gasteiger partial charge is 0.270 e. The lowest BCUT2D eigenvalue weighted by Crippen LogP contribution is -2.38. The number of hydrogen-bond donors (Lipinski definition) is 2. The molecule has 0 saturated carbocycles. The zero-order valence-electron chi connectivity index (χ0n) is 10.5. The fraction of sp³-hybridized carbons (Fsp3) is 0.667. The number of rotatable bonds is 5. The number of nitrogens with zero attached hydrogens (tertiary/aromatic N) is 1. The number of aromatic nitrogens is 1. The molecule has 5 nitrogen and oxygen atoms in total. The number of ether oxygens (including phenoxy) is 1. The van der Waals surface area contributed by atoms with Crippen LogP contribution in [0.3, 0.4) is 0 Å². The van der Waals surface area contributed by atoms with Gasteiger partial charge in [0.2, 0.25) is 0 Å². The lowest BCUT2D eigenvalue weighted by atomic mass is 10.0. The van der Waals surface area contributed by atoms with E-state index in [2.05, 4.69) is 10.3 Å². The molecule has 0 bridgehead atoms. The van der Waals surface area contributed by atoms with E-state index in [9.17, 15) is 4.79 Å². The summed E-state index contributed by atoms with van der Waals surface area (Å²) in [5, 5.41) is 5.69. The van der Waals surface area contributed by atoms with E-state index in [0.717, 1.165) is 31.1 Å². The monoisotopic (exact) mass is 269 g/mol. The van der Waals surface area contributed by atoms with E-state index in [0.29, 0.717) is 18.2 Å². The number of nitrogens with two attached hydrogens (primary N) is 1. The van der Waals surface area contributed by atoms with Gasteiger partial charge in [0.05, 0.1) is 11.6 Å². The molecule has 1 aromatic rings. The lowest BCUT2D eigenvalue weighted by Gasteiger charge is -2.18. The van der Waals surface area contributed by atoms with Gasteiger partial charge in [-0.25, -0.2) is 4.98 Å². The van der Waals surface area contributed by atoms with Crippen LogP contribution in [0.15, 0.2) is 5.38 Å². The maximum absolute atomic E-state index is 12.0. The molecule has 1 amide bonds. The van der Waals surface area contributed by atoms with Crippen molar-refractivity contribution in [1.29, 1.82) is 0 Å². The van der Waals surface area contributed by atoms with Crippen LogP contribution in [0, 0.1) is 5.92 Å². The highest BCUT2D eigenvalue weighted by Gasteiger charge is 2.24. The summed E-state index contributed by atoms with van der Waals surface area (Å²) < 4.78 is 5.32. The van der Waals surface area contributed by atoms with Crippen molar-refractivity contribution in [3.63, 3.8) is 0 Å². The highest BCUT2D eigenvalue weighted by Crippen LogP contribution is 2.17. The molecule has 2 rings (SSSR count). The summed E-state index contributed by atoms with van der Waals surface area (Å²) >= 11 is 1.49. The number of carbonyl (C=O) groups excluding carboxylic acids is 1. The summed E-state index contributed by atoms with van der Waals surface area (Å²) in [7, 11) is 0. The molecular formula is C12H19N3O2S. The molecule has 2 heterocycles. The quantitative estimate of drug-likeness (QED) is 0.829. The second-order valence-corrected chi connectivity index (χ2v) is 5.49. The Labute approximate surface area is 111 Å². The average Bonchev–Trinajstić information content (AvgIpc) is 3.00. The van der Waals surface area contributed by atoms with E-state index in [-0.39, 0.29) is 11.9 Å². The first-order chi connectivity index (χ1) is 8.70. The number of nitrogens with one attached hydrogen (secondary N) is 1. The minimum Gasteiger partial charge on any atom is -0.381 e. The van der Waals surface area contributed by atoms with Gasteiger partial charge < -0.3 is 15.8 Å². The third kappa shape index (κ3) is 3.28. The second kappa shape index (κ2) is 6.26. The minimum atomic E-state index is -0.103. The first kappa shape index (κ1) is 13.5. The van der Waals surface area contributed by atoms with Crippen LogP contribution >= 0.6 is 11.3 Å². The Morgan fingerprint density at radius 3 is 3.28 bits per heavy atom. The van der Waals surface area contributed by atoms with E-state index in [1.54, 1.807) is 5.38 Å². The normalized spacial score (nSPS) is 20.9. The van der Waals surface area contributed by atoms with Crippen LogP contribution in [0.4, 0.5) is 0 Å². The molecule has 1 aromatic heterocycles. The van der Waals surface area contributed by atoms with E-state index < -0.39 is 0 Å². The molecule has 1 saturated heterocycles. The second-order valence-electron chi connectivity index (χ2n) is 4.55. The molecule has 0 aliphatic carbocycles. The Bertz CT molecular complexity index is 402. The van der Waals surface area contributed by atoms with Gasteiger partial charge in [-0.2, -0.15) is 0 Å². The molecule has 2 unspecified atom stereocenters. The van der Waals surface area contributed by atoms with Gasteiger partial charge in [-0.05, 0) is 19.9 Å². The predicted molar refractivity (Wildman–Crippen MR) is 70.7 cm³/mol. The van der Waals surface area contributed by atoms with E-state index >= 15 is 0 Å². The van der Waals surface area contributed by atoms with Crippen molar-refractivity contribution in [2.24, 2.45) is 11.7 Å². The molecule has 0 spiro atoms. The third-order valence-corrected chi connectivity index (χ3v) is 4.08. The van der Waals surface area contributed by atoms with Gasteiger partial charge in [0.15, 0.2) is 0 Å². The van der Waals surface area contributed by atoms with Gasteiger partial charge in [0.1, 0.15) is 5.69 Å². The predicted octanol–water partition coefficient (Wildman–Crippen LogP) is 0.799. The Morgan fingerprint density at radius 1 is 1.78 bits per heavy atom. The van der Waals surface area contributed by atoms with Crippen molar-refractivity contribution < 1.29 is 9.53 Å². The number of thiazole rings is 1. The van der Waals surface area contributed by atoms with Crippen molar-refractivity contribution in [3.8, 4) is 0 Å². The first-order valence-electron chi connectivity index (χ1n) is 6.23. The highest BCUT2D eigenvalue weighted by molar-refractivity contribution is 7.09. The van der Waals surface area contributed by atoms with Gasteiger partial charge in [0.25, 0.3) is 5.91 Å². The molecule has 100 valence electrons. The van der Waals surface area contributed by atoms with Crippen LogP contribution in [0.1, 0.15) is 28.8 Å². The fourth-order valence-electron chi connectivity index (χ4n) is 2.00. The highest BCUT2D eigenvalue weighted by atomic mass is 32.1. The van der Waals surface area contributed by atoms with Crippen LogP contribution in [0.5, 0.6) is 0 Å². The van der Waals surface area contributed by atoms with Crippen molar-refractivity contribution in [1.82, 2.24) is 10.3 Å².